The first-order chi connectivity index (χ1) is 6.29. The average Bonchev–Trinajstić information content (AvgIpc) is 2.61. The fourth-order valence-electron chi connectivity index (χ4n) is 0.774. The Bertz CT molecular complexity index is 317. The van der Waals surface area contributed by atoms with E-state index in [0.29, 0.717) is 11.5 Å². The molecule has 3 N–H and O–H groups in total. The molecule has 0 bridgehead atoms. The number of hydrogen-bond acceptors (Lipinski definition) is 4. The molecule has 0 aliphatic rings. The number of carbonyl (C=O) groups excluding carboxylic acids is 1. The van der Waals surface area contributed by atoms with E-state index < -0.39 is 0 Å². The van der Waals surface area contributed by atoms with Crippen LogP contribution in [0.15, 0.2) is 16.7 Å². The molecule has 0 aliphatic carbocycles. The van der Waals surface area contributed by atoms with Gasteiger partial charge in [0, 0.05) is 7.05 Å². The zero-order chi connectivity index (χ0) is 9.68. The quantitative estimate of drug-likeness (QED) is 0.459. The SMILES string of the molecule is CN=NNc1nc[nH]c1C(=O)NC. The molecule has 0 atom stereocenters. The number of anilines is 1. The summed E-state index contributed by atoms with van der Waals surface area (Å²) in [7, 11) is 3.05. The van der Waals surface area contributed by atoms with Crippen LogP contribution in [0.5, 0.6) is 0 Å². The van der Waals surface area contributed by atoms with Gasteiger partial charge >= 0.3 is 0 Å². The highest BCUT2D eigenvalue weighted by Crippen LogP contribution is 2.08. The van der Waals surface area contributed by atoms with Gasteiger partial charge in [-0.3, -0.25) is 4.79 Å². The van der Waals surface area contributed by atoms with E-state index in [1.807, 2.05) is 0 Å². The lowest BCUT2D eigenvalue weighted by Crippen LogP contribution is -2.19. The molecular formula is C6H10N6O. The zero-order valence-electron chi connectivity index (χ0n) is 7.33. The summed E-state index contributed by atoms with van der Waals surface area (Å²) in [4.78, 5) is 17.7. The zero-order valence-corrected chi connectivity index (χ0v) is 7.33. The maximum Gasteiger partial charge on any atom is 0.271 e. The van der Waals surface area contributed by atoms with E-state index in [1.54, 1.807) is 0 Å². The molecule has 70 valence electrons. The van der Waals surface area contributed by atoms with Gasteiger partial charge in [0.05, 0.1) is 13.4 Å². The van der Waals surface area contributed by atoms with Crippen LogP contribution in [-0.2, 0) is 0 Å². The lowest BCUT2D eigenvalue weighted by Gasteiger charge is -1.98. The molecule has 7 heteroatoms. The van der Waals surface area contributed by atoms with Crippen molar-refractivity contribution in [1.82, 2.24) is 15.3 Å². The van der Waals surface area contributed by atoms with E-state index in [1.165, 1.54) is 20.4 Å². The number of carbonyl (C=O) groups is 1. The van der Waals surface area contributed by atoms with Crippen LogP contribution in [0.1, 0.15) is 10.5 Å². The van der Waals surface area contributed by atoms with Crippen molar-refractivity contribution < 1.29 is 4.79 Å². The normalized spacial score (nSPS) is 10.3. The van der Waals surface area contributed by atoms with Crippen LogP contribution in [0.3, 0.4) is 0 Å². The third kappa shape index (κ3) is 2.01. The standard InChI is InChI=1S/C6H10N6O/c1-7-6(13)4-5(10-3-9-4)11-12-8-2/h3H,1-2H3,(H,7,13)(H,8,11)(H,9,10). The Morgan fingerprint density at radius 2 is 2.46 bits per heavy atom. The van der Waals surface area contributed by atoms with Crippen LogP contribution < -0.4 is 10.7 Å². The van der Waals surface area contributed by atoms with Crippen molar-refractivity contribution in [2.45, 2.75) is 0 Å². The summed E-state index contributed by atoms with van der Waals surface area (Å²) >= 11 is 0. The second kappa shape index (κ2) is 4.19. The van der Waals surface area contributed by atoms with Gasteiger partial charge < -0.3 is 10.3 Å². The maximum atomic E-state index is 11.2. The number of aromatic nitrogens is 2. The molecule has 1 heterocycles. The summed E-state index contributed by atoms with van der Waals surface area (Å²) in [5.74, 6) is 0.0938. The highest BCUT2D eigenvalue weighted by Gasteiger charge is 2.11. The first kappa shape index (κ1) is 9.17. The predicted molar refractivity (Wildman–Crippen MR) is 46.4 cm³/mol. The number of rotatable bonds is 3. The van der Waals surface area contributed by atoms with Gasteiger partial charge in [-0.15, -0.1) is 0 Å². The molecule has 0 aliphatic heterocycles. The van der Waals surface area contributed by atoms with Crippen LogP contribution >= 0.6 is 0 Å². The number of imidazole rings is 1. The lowest BCUT2D eigenvalue weighted by molar-refractivity contribution is 0.0959. The maximum absolute atomic E-state index is 11.2. The first-order valence-electron chi connectivity index (χ1n) is 3.60. The molecule has 0 radical (unpaired) electrons. The van der Waals surface area contributed by atoms with Crippen molar-refractivity contribution in [2.24, 2.45) is 10.3 Å². The van der Waals surface area contributed by atoms with Gasteiger partial charge in [0.15, 0.2) is 5.82 Å². The van der Waals surface area contributed by atoms with E-state index in [2.05, 4.69) is 31.0 Å². The van der Waals surface area contributed by atoms with Gasteiger partial charge in [0.25, 0.3) is 5.91 Å². The molecule has 0 spiro atoms. The van der Waals surface area contributed by atoms with Crippen LogP contribution in [-0.4, -0.2) is 30.0 Å². The number of H-pyrrole nitrogens is 1. The minimum atomic E-state index is -0.258. The van der Waals surface area contributed by atoms with E-state index in [9.17, 15) is 4.79 Å². The van der Waals surface area contributed by atoms with Crippen molar-refractivity contribution in [3.8, 4) is 0 Å². The van der Waals surface area contributed by atoms with Crippen molar-refractivity contribution >= 4 is 11.7 Å². The summed E-state index contributed by atoms with van der Waals surface area (Å²) in [6, 6.07) is 0. The third-order valence-electron chi connectivity index (χ3n) is 1.35. The molecule has 1 amide bonds. The monoisotopic (exact) mass is 182 g/mol. The van der Waals surface area contributed by atoms with E-state index >= 15 is 0 Å². The molecule has 1 aromatic heterocycles. The van der Waals surface area contributed by atoms with Crippen molar-refractivity contribution in [3.63, 3.8) is 0 Å². The highest BCUT2D eigenvalue weighted by molar-refractivity contribution is 5.96. The molecule has 13 heavy (non-hydrogen) atoms. The van der Waals surface area contributed by atoms with Crippen LogP contribution in [0.25, 0.3) is 0 Å². The Morgan fingerprint density at radius 1 is 1.69 bits per heavy atom. The molecule has 0 aromatic carbocycles. The average molecular weight is 182 g/mol. The largest absolute Gasteiger partial charge is 0.354 e. The third-order valence-corrected chi connectivity index (χ3v) is 1.35. The summed E-state index contributed by atoms with van der Waals surface area (Å²) in [6.07, 6.45) is 1.40. The summed E-state index contributed by atoms with van der Waals surface area (Å²) in [5, 5.41) is 9.43. The summed E-state index contributed by atoms with van der Waals surface area (Å²) in [5.41, 5.74) is 2.84. The Morgan fingerprint density at radius 3 is 3.08 bits per heavy atom. The van der Waals surface area contributed by atoms with E-state index in [0.717, 1.165) is 0 Å². The lowest BCUT2D eigenvalue weighted by atomic mass is 10.4. The van der Waals surface area contributed by atoms with Gasteiger partial charge in [-0.2, -0.15) is 5.11 Å². The van der Waals surface area contributed by atoms with Crippen LogP contribution in [0.4, 0.5) is 5.82 Å². The first-order valence-corrected chi connectivity index (χ1v) is 3.60. The topological polar surface area (TPSA) is 94.5 Å². The van der Waals surface area contributed by atoms with Gasteiger partial charge in [-0.05, 0) is 0 Å². The van der Waals surface area contributed by atoms with Gasteiger partial charge in [-0.25, -0.2) is 10.4 Å². The smallest absolute Gasteiger partial charge is 0.271 e. The number of hydrogen-bond donors (Lipinski definition) is 3. The number of nitrogens with one attached hydrogen (secondary N) is 3. The Labute approximate surface area is 74.6 Å². The van der Waals surface area contributed by atoms with Crippen molar-refractivity contribution in [1.29, 1.82) is 0 Å². The Hall–Kier alpha value is -1.92. The van der Waals surface area contributed by atoms with Gasteiger partial charge in [0.2, 0.25) is 0 Å². The molecular weight excluding hydrogens is 172 g/mol. The van der Waals surface area contributed by atoms with Crippen LogP contribution in [0.2, 0.25) is 0 Å². The van der Waals surface area contributed by atoms with Crippen molar-refractivity contribution in [2.75, 3.05) is 19.5 Å². The van der Waals surface area contributed by atoms with Crippen LogP contribution in [0, 0.1) is 0 Å². The molecule has 0 unspecified atom stereocenters. The molecule has 0 saturated carbocycles. The van der Waals surface area contributed by atoms with Gasteiger partial charge in [0.1, 0.15) is 5.69 Å². The molecule has 7 nitrogen and oxygen atoms in total. The predicted octanol–water partition coefficient (Wildman–Crippen LogP) is 0.178. The minimum absolute atomic E-state index is 0.258. The highest BCUT2D eigenvalue weighted by atomic mass is 16.1. The number of nitrogens with zero attached hydrogens (tertiary/aromatic N) is 3. The summed E-state index contributed by atoms with van der Waals surface area (Å²) in [6.45, 7) is 0. The summed E-state index contributed by atoms with van der Waals surface area (Å²) < 4.78 is 0. The molecule has 1 aromatic rings. The van der Waals surface area contributed by atoms with E-state index in [-0.39, 0.29) is 5.91 Å². The fourth-order valence-corrected chi connectivity index (χ4v) is 0.774. The number of aromatic amines is 1. The van der Waals surface area contributed by atoms with Crippen molar-refractivity contribution in [3.05, 3.63) is 12.0 Å². The molecule has 1 rings (SSSR count). The second-order valence-electron chi connectivity index (χ2n) is 2.12. The Kier molecular flexibility index (Phi) is 2.96. The van der Waals surface area contributed by atoms with E-state index in [4.69, 9.17) is 0 Å². The Balaban J connectivity index is 2.82. The molecule has 0 saturated heterocycles. The fraction of sp³-hybridized carbons (Fsp3) is 0.333. The minimum Gasteiger partial charge on any atom is -0.354 e. The van der Waals surface area contributed by atoms with Gasteiger partial charge in [-0.1, -0.05) is 5.22 Å². The second-order valence-corrected chi connectivity index (χ2v) is 2.12. The molecule has 0 fully saturated rings. The number of amides is 1.